The number of rotatable bonds is 5. The van der Waals surface area contributed by atoms with Crippen LogP contribution in [0.3, 0.4) is 0 Å². The summed E-state index contributed by atoms with van der Waals surface area (Å²) in [5, 5.41) is 16.4. The number of aromatic nitrogens is 2. The van der Waals surface area contributed by atoms with Gasteiger partial charge in [0.1, 0.15) is 5.02 Å². The molecule has 5 nitrogen and oxygen atoms in total. The number of hydrogen-bond donors (Lipinski definition) is 2. The number of benzene rings is 1. The van der Waals surface area contributed by atoms with Crippen molar-refractivity contribution in [1.29, 1.82) is 0 Å². The van der Waals surface area contributed by atoms with Crippen LogP contribution in [-0.2, 0) is 0 Å². The Kier molecular flexibility index (Phi) is 4.76. The molecular weight excluding hydrogens is 278 g/mol. The van der Waals surface area contributed by atoms with Crippen molar-refractivity contribution < 1.29 is 5.11 Å². The van der Waals surface area contributed by atoms with E-state index in [2.05, 4.69) is 10.4 Å². The molecule has 2 rings (SSSR count). The largest absolute Gasteiger partial charge is 0.393 e. The molecule has 2 N–H and O–H groups in total. The first-order chi connectivity index (χ1) is 9.59. The summed E-state index contributed by atoms with van der Waals surface area (Å²) in [7, 11) is 0. The summed E-state index contributed by atoms with van der Waals surface area (Å²) in [6, 6.07) is 9.08. The predicted octanol–water partition coefficient (Wildman–Crippen LogP) is 2.07. The van der Waals surface area contributed by atoms with Crippen molar-refractivity contribution in [2.45, 2.75) is 19.4 Å². The summed E-state index contributed by atoms with van der Waals surface area (Å²) in [6.07, 6.45) is 1.68. The van der Waals surface area contributed by atoms with E-state index in [-0.39, 0.29) is 10.6 Å². The maximum atomic E-state index is 12.2. The Bertz CT molecular complexity index is 626. The maximum absolute atomic E-state index is 12.2. The molecule has 1 atom stereocenters. The van der Waals surface area contributed by atoms with E-state index in [4.69, 9.17) is 11.6 Å². The van der Waals surface area contributed by atoms with E-state index in [1.807, 2.05) is 18.2 Å². The Hall–Kier alpha value is -1.85. The van der Waals surface area contributed by atoms with Gasteiger partial charge in [-0.3, -0.25) is 4.79 Å². The molecule has 1 heterocycles. The summed E-state index contributed by atoms with van der Waals surface area (Å²) in [5.41, 5.74) is 0.763. The molecular formula is C14H16ClN3O2. The second-order valence-electron chi connectivity index (χ2n) is 4.49. The van der Waals surface area contributed by atoms with Crippen molar-refractivity contribution in [1.82, 2.24) is 9.78 Å². The summed E-state index contributed by atoms with van der Waals surface area (Å²) in [4.78, 5) is 12.2. The third-order valence-corrected chi connectivity index (χ3v) is 3.16. The van der Waals surface area contributed by atoms with Gasteiger partial charge in [0, 0.05) is 6.54 Å². The summed E-state index contributed by atoms with van der Waals surface area (Å²) in [5.74, 6) is 0. The molecule has 0 aliphatic carbocycles. The Morgan fingerprint density at radius 3 is 2.75 bits per heavy atom. The van der Waals surface area contributed by atoms with Gasteiger partial charge in [0.15, 0.2) is 0 Å². The molecule has 0 bridgehead atoms. The first-order valence-corrected chi connectivity index (χ1v) is 6.72. The van der Waals surface area contributed by atoms with Gasteiger partial charge in [-0.05, 0) is 25.5 Å². The number of nitrogens with zero attached hydrogens (tertiary/aromatic N) is 2. The van der Waals surface area contributed by atoms with Crippen LogP contribution in [0.25, 0.3) is 5.69 Å². The van der Waals surface area contributed by atoms with Gasteiger partial charge >= 0.3 is 0 Å². The minimum absolute atomic E-state index is 0.0921. The fraction of sp³-hybridized carbons (Fsp3) is 0.286. The van der Waals surface area contributed by atoms with Crippen molar-refractivity contribution in [3.05, 3.63) is 51.9 Å². The molecule has 0 fully saturated rings. The summed E-state index contributed by atoms with van der Waals surface area (Å²) >= 11 is 6.07. The zero-order valence-corrected chi connectivity index (χ0v) is 11.8. The molecule has 0 unspecified atom stereocenters. The highest BCUT2D eigenvalue weighted by atomic mass is 35.5. The lowest BCUT2D eigenvalue weighted by Crippen LogP contribution is -2.23. The number of aliphatic hydroxyl groups excluding tert-OH is 1. The van der Waals surface area contributed by atoms with Gasteiger partial charge in [-0.2, -0.15) is 9.78 Å². The van der Waals surface area contributed by atoms with Crippen LogP contribution in [0, 0.1) is 0 Å². The van der Waals surface area contributed by atoms with Crippen LogP contribution in [0.5, 0.6) is 0 Å². The zero-order chi connectivity index (χ0) is 14.5. The molecule has 20 heavy (non-hydrogen) atoms. The molecule has 106 valence electrons. The first-order valence-electron chi connectivity index (χ1n) is 6.35. The van der Waals surface area contributed by atoms with Gasteiger partial charge in [0.2, 0.25) is 0 Å². The van der Waals surface area contributed by atoms with E-state index in [9.17, 15) is 9.90 Å². The third kappa shape index (κ3) is 3.37. The predicted molar refractivity (Wildman–Crippen MR) is 79.6 cm³/mol. The van der Waals surface area contributed by atoms with Gasteiger partial charge in [0.05, 0.1) is 23.7 Å². The van der Waals surface area contributed by atoms with E-state index in [0.29, 0.717) is 24.3 Å². The molecule has 0 aliphatic heterocycles. The molecule has 0 saturated carbocycles. The maximum Gasteiger partial charge on any atom is 0.292 e. The Morgan fingerprint density at radius 1 is 1.40 bits per heavy atom. The lowest BCUT2D eigenvalue weighted by molar-refractivity contribution is 0.189. The lowest BCUT2D eigenvalue weighted by Gasteiger charge is -2.11. The Labute approximate surface area is 121 Å². The highest BCUT2D eigenvalue weighted by Gasteiger charge is 2.10. The molecule has 0 amide bonds. The van der Waals surface area contributed by atoms with Crippen molar-refractivity contribution in [2.75, 3.05) is 11.9 Å². The number of hydrogen-bond acceptors (Lipinski definition) is 4. The van der Waals surface area contributed by atoms with Crippen molar-refractivity contribution in [3.8, 4) is 5.69 Å². The Balaban J connectivity index is 2.24. The summed E-state index contributed by atoms with van der Waals surface area (Å²) in [6.45, 7) is 2.22. The lowest BCUT2D eigenvalue weighted by atomic mass is 10.3. The fourth-order valence-electron chi connectivity index (χ4n) is 1.72. The monoisotopic (exact) mass is 293 g/mol. The van der Waals surface area contributed by atoms with Gasteiger partial charge in [-0.15, -0.1) is 0 Å². The standard InChI is InChI=1S/C14H16ClN3O2/c1-10(19)7-8-16-12-9-17-18(14(20)13(12)15)11-5-3-2-4-6-11/h2-6,9-10,16,19H,7-8H2,1H3/t10-/m1/s1. The zero-order valence-electron chi connectivity index (χ0n) is 11.1. The normalized spacial score (nSPS) is 12.2. The molecule has 1 aromatic heterocycles. The summed E-state index contributed by atoms with van der Waals surface area (Å²) < 4.78 is 1.25. The minimum Gasteiger partial charge on any atom is -0.393 e. The Morgan fingerprint density at radius 2 is 2.10 bits per heavy atom. The first kappa shape index (κ1) is 14.6. The second-order valence-corrected chi connectivity index (χ2v) is 4.87. The third-order valence-electron chi connectivity index (χ3n) is 2.80. The van der Waals surface area contributed by atoms with Gasteiger partial charge in [0.25, 0.3) is 5.56 Å². The molecule has 0 radical (unpaired) electrons. The smallest absolute Gasteiger partial charge is 0.292 e. The van der Waals surface area contributed by atoms with E-state index in [0.717, 1.165) is 0 Å². The van der Waals surface area contributed by atoms with Crippen LogP contribution < -0.4 is 10.9 Å². The average molecular weight is 294 g/mol. The minimum atomic E-state index is -0.404. The number of nitrogens with one attached hydrogen (secondary N) is 1. The van der Waals surface area contributed by atoms with Crippen LogP contribution in [-0.4, -0.2) is 27.5 Å². The molecule has 2 aromatic rings. The highest BCUT2D eigenvalue weighted by molar-refractivity contribution is 6.32. The van der Waals surface area contributed by atoms with E-state index in [1.54, 1.807) is 19.1 Å². The van der Waals surface area contributed by atoms with Crippen molar-refractivity contribution in [2.24, 2.45) is 0 Å². The van der Waals surface area contributed by atoms with Crippen molar-refractivity contribution in [3.63, 3.8) is 0 Å². The SMILES string of the molecule is C[C@@H](O)CCNc1cnn(-c2ccccc2)c(=O)c1Cl. The van der Waals surface area contributed by atoms with E-state index in [1.165, 1.54) is 10.9 Å². The van der Waals surface area contributed by atoms with Crippen LogP contribution in [0.4, 0.5) is 5.69 Å². The van der Waals surface area contributed by atoms with Gasteiger partial charge < -0.3 is 10.4 Å². The number of aliphatic hydroxyl groups is 1. The van der Waals surface area contributed by atoms with E-state index < -0.39 is 6.10 Å². The quantitative estimate of drug-likeness (QED) is 0.885. The number of para-hydroxylation sites is 1. The molecule has 0 saturated heterocycles. The fourth-order valence-corrected chi connectivity index (χ4v) is 1.92. The van der Waals surface area contributed by atoms with Crippen molar-refractivity contribution >= 4 is 17.3 Å². The van der Waals surface area contributed by atoms with Gasteiger partial charge in [-0.1, -0.05) is 29.8 Å². The molecule has 0 spiro atoms. The van der Waals surface area contributed by atoms with Gasteiger partial charge in [-0.25, -0.2) is 0 Å². The molecule has 1 aromatic carbocycles. The number of halogens is 1. The van der Waals surface area contributed by atoms with Crippen LogP contribution in [0.2, 0.25) is 5.02 Å². The van der Waals surface area contributed by atoms with E-state index >= 15 is 0 Å². The van der Waals surface area contributed by atoms with Crippen LogP contribution in [0.1, 0.15) is 13.3 Å². The van der Waals surface area contributed by atoms with Crippen LogP contribution in [0.15, 0.2) is 41.3 Å². The van der Waals surface area contributed by atoms with Crippen LogP contribution >= 0.6 is 11.6 Å². The molecule has 0 aliphatic rings. The topological polar surface area (TPSA) is 67.2 Å². The number of anilines is 1. The second kappa shape index (κ2) is 6.54. The molecule has 6 heteroatoms. The average Bonchev–Trinajstić information content (AvgIpc) is 2.44. The highest BCUT2D eigenvalue weighted by Crippen LogP contribution is 2.16.